The maximum atomic E-state index is 16.8. The first-order valence-corrected chi connectivity index (χ1v) is 36.1. The molecule has 27 nitrogen and oxygen atoms in total. The molecule has 0 radical (unpaired) electrons. The lowest BCUT2D eigenvalue weighted by Crippen LogP contribution is -2.60. The summed E-state index contributed by atoms with van der Waals surface area (Å²) in [5.74, 6) is -8.27. The molecule has 0 saturated heterocycles. The molecule has 1 unspecified atom stereocenters. The zero-order valence-corrected chi connectivity index (χ0v) is 62.6. The molecule has 106 heavy (non-hydrogen) atoms. The number of benzene rings is 4. The van der Waals surface area contributed by atoms with E-state index in [9.17, 15) is 45.1 Å². The number of unbranched alkanes of at least 4 members (excludes halogenated alkanes) is 2. The quantitative estimate of drug-likeness (QED) is 0.0159. The van der Waals surface area contributed by atoms with Crippen molar-refractivity contribution in [3.8, 4) is 5.75 Å². The SMILES string of the molecule is [2H]C(CCC(=O)[C@H](CCCCNC(C)C)NC(=O)[C@H](CC(C)C)NC(=O)[C@@H](CCCCNC(=O)c1cccnc1)NC(=O)[C@H](Cc1ccc(O)cc1)NC(=O)[C@H](CO)NC(=O)[C@H](C)N)N(C(=O)[C@@](C)(c1ccc2ccccc2c1C(C)=O)N(C)c1ccc(Cl)cc1C(=O)[C@H](C)N)c1cccnc1C(=O)[C@H](C)N. The molecule has 0 bridgehead atoms. The summed E-state index contributed by atoms with van der Waals surface area (Å²) >= 11 is 6.57. The molecule has 0 aliphatic carbocycles. The number of phenols is 1. The van der Waals surface area contributed by atoms with E-state index in [1.54, 1.807) is 62.4 Å². The first-order chi connectivity index (χ1) is 50.7. The summed E-state index contributed by atoms with van der Waals surface area (Å²) in [5.41, 5.74) is 16.8. The predicted molar refractivity (Wildman–Crippen MR) is 407 cm³/mol. The van der Waals surface area contributed by atoms with Crippen molar-refractivity contribution in [3.63, 3.8) is 0 Å². The van der Waals surface area contributed by atoms with E-state index in [1.165, 1.54) is 120 Å². The van der Waals surface area contributed by atoms with Crippen LogP contribution in [0.3, 0.4) is 0 Å². The Bertz CT molecular complexity index is 4110. The Labute approximate surface area is 625 Å². The van der Waals surface area contributed by atoms with Crippen LogP contribution in [0, 0.1) is 5.92 Å². The second kappa shape index (κ2) is 40.6. The van der Waals surface area contributed by atoms with E-state index in [1.807, 2.05) is 13.8 Å². The number of amides is 7. The maximum absolute atomic E-state index is 16.8. The fourth-order valence-corrected chi connectivity index (χ4v) is 12.3. The van der Waals surface area contributed by atoms with Crippen LogP contribution in [-0.4, -0.2) is 172 Å². The molecule has 10 atom stereocenters. The number of pyridine rings is 2. The van der Waals surface area contributed by atoms with Gasteiger partial charge in [0.25, 0.3) is 11.8 Å². The number of nitrogens with zero attached hydrogens (tertiary/aromatic N) is 4. The van der Waals surface area contributed by atoms with E-state index < -0.39 is 144 Å². The molecule has 7 amide bonds. The minimum absolute atomic E-state index is 0.000805. The molecular formula is C78H103ClN14O13. The van der Waals surface area contributed by atoms with Crippen LogP contribution in [0.15, 0.2) is 122 Å². The average molecular weight is 1480 g/mol. The van der Waals surface area contributed by atoms with Crippen molar-refractivity contribution in [2.75, 3.05) is 43.1 Å². The van der Waals surface area contributed by atoms with Gasteiger partial charge in [-0.3, -0.25) is 62.7 Å². The van der Waals surface area contributed by atoms with E-state index in [2.05, 4.69) is 47.2 Å². The van der Waals surface area contributed by atoms with Crippen molar-refractivity contribution in [2.45, 2.75) is 186 Å². The third-order valence-electron chi connectivity index (χ3n) is 18.0. The van der Waals surface area contributed by atoms with Gasteiger partial charge in [0.15, 0.2) is 23.1 Å². The number of nitrogens with one attached hydrogen (secondary N) is 7. The summed E-state index contributed by atoms with van der Waals surface area (Å²) in [7, 11) is 1.53. The van der Waals surface area contributed by atoms with Crippen LogP contribution in [0.4, 0.5) is 11.4 Å². The van der Waals surface area contributed by atoms with Crippen molar-refractivity contribution in [1.82, 2.24) is 47.2 Å². The summed E-state index contributed by atoms with van der Waals surface area (Å²) in [5, 5.41) is 41.2. The largest absolute Gasteiger partial charge is 0.508 e. The van der Waals surface area contributed by atoms with E-state index in [0.717, 1.165) is 4.90 Å². The summed E-state index contributed by atoms with van der Waals surface area (Å²) in [6, 6.07) is 16.3. The topological polar surface area (TPSA) is 423 Å². The number of aliphatic hydroxyl groups is 1. The van der Waals surface area contributed by atoms with E-state index in [4.69, 9.17) is 28.8 Å². The van der Waals surface area contributed by atoms with Gasteiger partial charge < -0.3 is 74.4 Å². The standard InChI is InChI=1S/C78H103ClN14O13/c1-45(2)40-61(89-73(102)60(24-14-16-37-86-72(101)53-21-17-35-83-43-53)88-75(104)62(41-51-27-31-55(96)32-28-51)90-76(105)63(44-94)91-71(100)49(7)82)74(103)87-59(23-13-15-36-84-46(3)4)66(97)26-19-39-93(65-25-18-38-85-68(65)70(99)48(6)81)77(106)78(9,58-33-29-52-20-11-12-22-56(52)67(58)50(8)95)92(10)64-34-30-54(79)42-57(64)69(98)47(5)80/h11-12,17-18,20-22,25,27-35,38,42-43,45-49,59-63,84,94,96H,13-16,19,23-24,26,36-37,39-41,44,80-82H2,1-10H3,(H,86,101)(H,87,103)(H,88,104)(H,89,102)(H,90,105)(H,91,100)/t47-,48-,49-,59-,60+,61-,62-,63-,78+/m0/s1/i39D/t39?,47-,48-,49-,59-,60+,61-,62-,63-,78+. The number of fused-ring (bicyclic) bond motifs is 1. The summed E-state index contributed by atoms with van der Waals surface area (Å²) < 4.78 is 10.2. The number of carbonyl (C=O) groups excluding carboxylic acids is 11. The molecule has 0 spiro atoms. The third kappa shape index (κ3) is 23.6. The van der Waals surface area contributed by atoms with Crippen LogP contribution in [-0.2, 0) is 45.5 Å². The second-order valence-electron chi connectivity index (χ2n) is 27.5. The molecule has 6 aromatic rings. The number of carbonyl (C=O) groups is 11. The van der Waals surface area contributed by atoms with Gasteiger partial charge in [-0.15, -0.1) is 0 Å². The Morgan fingerprint density at radius 2 is 1.24 bits per heavy atom. The summed E-state index contributed by atoms with van der Waals surface area (Å²) in [4.78, 5) is 170. The first-order valence-electron chi connectivity index (χ1n) is 36.3. The lowest BCUT2D eigenvalue weighted by molar-refractivity contribution is -0.135. The Hall–Kier alpha value is -9.90. The molecular weight excluding hydrogens is 1380 g/mol. The maximum Gasteiger partial charge on any atom is 0.257 e. The van der Waals surface area contributed by atoms with Crippen LogP contribution in [0.1, 0.15) is 174 Å². The minimum Gasteiger partial charge on any atom is -0.508 e. The Morgan fingerprint density at radius 1 is 0.632 bits per heavy atom. The monoisotopic (exact) mass is 1480 g/mol. The van der Waals surface area contributed by atoms with E-state index >= 15 is 19.2 Å². The van der Waals surface area contributed by atoms with Gasteiger partial charge in [0, 0.05) is 80.8 Å². The number of phenolic OH excluding ortho intramolecular Hbond substituents is 1. The van der Waals surface area contributed by atoms with Crippen molar-refractivity contribution < 1.29 is 64.3 Å². The van der Waals surface area contributed by atoms with Crippen molar-refractivity contribution >= 4 is 98.2 Å². The second-order valence-corrected chi connectivity index (χ2v) is 27.9. The van der Waals surface area contributed by atoms with Gasteiger partial charge in [0.1, 0.15) is 41.1 Å². The fourth-order valence-electron chi connectivity index (χ4n) is 12.1. The molecule has 28 heteroatoms. The predicted octanol–water partition coefficient (Wildman–Crippen LogP) is 5.81. The number of halogens is 1. The number of nitrogens with two attached hydrogens (primary N) is 3. The number of aromatic nitrogens is 2. The zero-order chi connectivity index (χ0) is 79.0. The summed E-state index contributed by atoms with van der Waals surface area (Å²) in [6.45, 7) is 12.7. The highest BCUT2D eigenvalue weighted by Crippen LogP contribution is 2.42. The number of rotatable bonds is 42. The average Bonchev–Trinajstić information content (AvgIpc) is 0.728. The van der Waals surface area contributed by atoms with Gasteiger partial charge in [-0.2, -0.15) is 0 Å². The van der Waals surface area contributed by atoms with Crippen LogP contribution < -0.4 is 64.2 Å². The van der Waals surface area contributed by atoms with E-state index in [-0.39, 0.29) is 102 Å². The molecule has 15 N–H and O–H groups in total. The first kappa shape index (κ1) is 83.4. The highest BCUT2D eigenvalue weighted by atomic mass is 35.5. The molecule has 0 saturated carbocycles. The lowest BCUT2D eigenvalue weighted by atomic mass is 9.81. The molecule has 0 aliphatic heterocycles. The Balaban J connectivity index is 1.40. The van der Waals surface area contributed by atoms with Crippen molar-refractivity contribution in [2.24, 2.45) is 23.1 Å². The molecule has 2 aromatic heterocycles. The highest BCUT2D eigenvalue weighted by Gasteiger charge is 2.47. The molecule has 6 rings (SSSR count). The molecule has 0 aliphatic rings. The number of anilines is 2. The zero-order valence-electron chi connectivity index (χ0n) is 62.9. The number of hydrogen-bond acceptors (Lipinski definition) is 20. The number of likely N-dealkylation sites (N-methyl/N-ethyl adjacent to an activating group) is 1. The number of ketones is 4. The van der Waals surface area contributed by atoms with Gasteiger partial charge >= 0.3 is 0 Å². The number of Topliss-reactive ketones (excluding diaryl/α,β-unsaturated/α-hetero) is 4. The smallest absolute Gasteiger partial charge is 0.257 e. The highest BCUT2D eigenvalue weighted by molar-refractivity contribution is 6.31. The van der Waals surface area contributed by atoms with Gasteiger partial charge in [0.05, 0.1) is 42.0 Å². The molecule has 2 heterocycles. The van der Waals surface area contributed by atoms with Crippen molar-refractivity contribution in [3.05, 3.63) is 160 Å². The fraction of sp³-hybridized carbons (Fsp3) is 0.449. The van der Waals surface area contributed by atoms with E-state index in [0.29, 0.717) is 41.3 Å². The van der Waals surface area contributed by atoms with Crippen LogP contribution in [0.2, 0.25) is 5.02 Å². The normalized spacial score (nSPS) is 14.6. The Kier molecular flexibility index (Phi) is 31.9. The number of hydrogen-bond donors (Lipinski definition) is 12. The van der Waals surface area contributed by atoms with Gasteiger partial charge in [0.2, 0.25) is 29.5 Å². The van der Waals surface area contributed by atoms with Gasteiger partial charge in [-0.05, 0) is 175 Å². The lowest BCUT2D eigenvalue weighted by Gasteiger charge is -2.44. The molecule has 570 valence electrons. The summed E-state index contributed by atoms with van der Waals surface area (Å²) in [6.07, 6.45) is 4.46. The Morgan fingerprint density at radius 3 is 1.87 bits per heavy atom. The molecule has 0 fully saturated rings. The van der Waals surface area contributed by atoms with Gasteiger partial charge in [-0.25, -0.2) is 0 Å². The van der Waals surface area contributed by atoms with Crippen LogP contribution in [0.25, 0.3) is 10.8 Å². The minimum atomic E-state index is -2.12. The van der Waals surface area contributed by atoms with Crippen molar-refractivity contribution in [1.29, 1.82) is 0 Å². The number of aliphatic hydroxyl groups excluding tert-OH is 1. The molecule has 4 aromatic carbocycles. The van der Waals surface area contributed by atoms with Crippen LogP contribution in [0.5, 0.6) is 5.75 Å². The van der Waals surface area contributed by atoms with Crippen LogP contribution >= 0.6 is 11.6 Å². The van der Waals surface area contributed by atoms with Gasteiger partial charge in [-0.1, -0.05) is 87.8 Å². The number of aromatic hydroxyl groups is 1. The third-order valence-corrected chi connectivity index (χ3v) is 18.3.